The number of benzene rings is 1. The molecule has 0 aliphatic heterocycles. The number of aliphatic imine (C=N–C) groups is 1. The summed E-state index contributed by atoms with van der Waals surface area (Å²) in [7, 11) is 0. The Balaban J connectivity index is 2.33. The topological polar surface area (TPSA) is 83.6 Å². The van der Waals surface area contributed by atoms with Crippen molar-refractivity contribution in [3.05, 3.63) is 54.7 Å². The van der Waals surface area contributed by atoms with Gasteiger partial charge in [0, 0.05) is 12.7 Å². The number of aromatic nitrogens is 1. The van der Waals surface area contributed by atoms with Crippen molar-refractivity contribution in [3.63, 3.8) is 0 Å². The van der Waals surface area contributed by atoms with E-state index in [0.717, 1.165) is 0 Å². The summed E-state index contributed by atoms with van der Waals surface area (Å²) in [5.74, 6) is 0.588. The van der Waals surface area contributed by atoms with E-state index in [1.54, 1.807) is 18.3 Å². The Morgan fingerprint density at radius 1 is 1.24 bits per heavy atom. The van der Waals surface area contributed by atoms with E-state index in [2.05, 4.69) is 15.3 Å². The maximum atomic E-state index is 12.4. The molecule has 6 heteroatoms. The van der Waals surface area contributed by atoms with Gasteiger partial charge in [0.2, 0.25) is 0 Å². The van der Waals surface area contributed by atoms with Gasteiger partial charge in [-0.1, -0.05) is 24.3 Å². The van der Waals surface area contributed by atoms with E-state index >= 15 is 0 Å². The molecule has 1 aromatic carbocycles. The smallest absolute Gasteiger partial charge is 0.334 e. The summed E-state index contributed by atoms with van der Waals surface area (Å²) in [6.45, 7) is 2.34. The van der Waals surface area contributed by atoms with Gasteiger partial charge >= 0.3 is 6.03 Å². The van der Waals surface area contributed by atoms with Gasteiger partial charge in [-0.15, -0.1) is 0 Å². The number of amides is 2. The summed E-state index contributed by atoms with van der Waals surface area (Å²) in [5.41, 5.74) is 6.34. The van der Waals surface area contributed by atoms with Crippen molar-refractivity contribution in [2.75, 3.05) is 11.4 Å². The van der Waals surface area contributed by atoms with Gasteiger partial charge in [-0.2, -0.15) is 0 Å². The standard InChI is InChI=1S/C15H17N5O/c1-2-17-14(16)19-15(21)20(12-8-4-3-5-9-12)13-10-6-7-11-18-13/h3-11H,2H2,1H3,(H3,16,17,19,21). The zero-order valence-corrected chi connectivity index (χ0v) is 11.7. The summed E-state index contributed by atoms with van der Waals surface area (Å²) in [4.78, 5) is 22.0. The minimum atomic E-state index is -0.408. The summed E-state index contributed by atoms with van der Waals surface area (Å²) in [6, 6.07) is 14.2. The maximum Gasteiger partial charge on any atom is 0.334 e. The van der Waals surface area contributed by atoms with Crippen LogP contribution in [0.15, 0.2) is 59.7 Å². The van der Waals surface area contributed by atoms with E-state index in [-0.39, 0.29) is 5.96 Å². The first-order valence-electron chi connectivity index (χ1n) is 6.59. The predicted molar refractivity (Wildman–Crippen MR) is 83.5 cm³/mol. The third kappa shape index (κ3) is 3.79. The Labute approximate surface area is 123 Å². The Kier molecular flexibility index (Phi) is 4.87. The number of nitrogens with one attached hydrogen (secondary N) is 1. The highest BCUT2D eigenvalue weighted by Crippen LogP contribution is 2.22. The number of urea groups is 1. The normalized spacial score (nSPS) is 11.0. The molecule has 2 rings (SSSR count). The predicted octanol–water partition coefficient (Wildman–Crippen LogP) is 2.26. The van der Waals surface area contributed by atoms with Crippen molar-refractivity contribution < 1.29 is 4.79 Å². The molecule has 0 saturated heterocycles. The monoisotopic (exact) mass is 283 g/mol. The van der Waals surface area contributed by atoms with Gasteiger partial charge in [-0.05, 0) is 31.2 Å². The van der Waals surface area contributed by atoms with Crippen LogP contribution in [-0.4, -0.2) is 23.5 Å². The number of pyridine rings is 1. The van der Waals surface area contributed by atoms with Crippen LogP contribution in [0.5, 0.6) is 0 Å². The largest absolute Gasteiger partial charge is 0.370 e. The average molecular weight is 283 g/mol. The van der Waals surface area contributed by atoms with Gasteiger partial charge in [0.15, 0.2) is 5.96 Å². The molecule has 0 saturated carbocycles. The molecule has 6 nitrogen and oxygen atoms in total. The molecule has 0 atom stereocenters. The minimum Gasteiger partial charge on any atom is -0.370 e. The van der Waals surface area contributed by atoms with Crippen LogP contribution >= 0.6 is 0 Å². The second-order valence-electron chi connectivity index (χ2n) is 4.15. The van der Waals surface area contributed by atoms with Gasteiger partial charge in [-0.25, -0.2) is 14.7 Å². The van der Waals surface area contributed by atoms with E-state index in [0.29, 0.717) is 18.1 Å². The lowest BCUT2D eigenvalue weighted by atomic mass is 10.3. The van der Waals surface area contributed by atoms with Gasteiger partial charge < -0.3 is 5.73 Å². The number of para-hydroxylation sites is 1. The lowest BCUT2D eigenvalue weighted by Gasteiger charge is -2.21. The fourth-order valence-electron chi connectivity index (χ4n) is 1.79. The third-order valence-corrected chi connectivity index (χ3v) is 2.66. The van der Waals surface area contributed by atoms with Crippen LogP contribution in [0, 0.1) is 0 Å². The van der Waals surface area contributed by atoms with Gasteiger partial charge in [0.25, 0.3) is 0 Å². The quantitative estimate of drug-likeness (QED) is 0.669. The number of nitrogens with zero attached hydrogens (tertiary/aromatic N) is 3. The molecule has 108 valence electrons. The molecule has 2 amide bonds. The van der Waals surface area contributed by atoms with Crippen LogP contribution < -0.4 is 16.0 Å². The van der Waals surface area contributed by atoms with Crippen molar-refractivity contribution in [2.45, 2.75) is 6.92 Å². The number of guanidine groups is 1. The van der Waals surface area contributed by atoms with E-state index < -0.39 is 6.03 Å². The van der Waals surface area contributed by atoms with Crippen LogP contribution in [-0.2, 0) is 0 Å². The molecule has 0 fully saturated rings. The maximum absolute atomic E-state index is 12.4. The second-order valence-corrected chi connectivity index (χ2v) is 4.15. The van der Waals surface area contributed by atoms with Gasteiger partial charge in [0.05, 0.1) is 5.69 Å². The van der Waals surface area contributed by atoms with Crippen LogP contribution in [0.4, 0.5) is 16.3 Å². The van der Waals surface area contributed by atoms with E-state index in [1.807, 2.05) is 43.3 Å². The van der Waals surface area contributed by atoms with Crippen LogP contribution in [0.25, 0.3) is 0 Å². The highest BCUT2D eigenvalue weighted by atomic mass is 16.2. The third-order valence-electron chi connectivity index (χ3n) is 2.66. The number of nitrogens with two attached hydrogens (primary N) is 1. The van der Waals surface area contributed by atoms with Crippen molar-refractivity contribution in [1.29, 1.82) is 0 Å². The number of hydrogen-bond acceptors (Lipinski definition) is 3. The first-order chi connectivity index (χ1) is 10.2. The molecular weight excluding hydrogens is 266 g/mol. The zero-order valence-electron chi connectivity index (χ0n) is 11.7. The Bertz CT molecular complexity index is 573. The number of carbonyl (C=O) groups excluding carboxylic acids is 1. The average Bonchev–Trinajstić information content (AvgIpc) is 2.50. The van der Waals surface area contributed by atoms with E-state index in [4.69, 9.17) is 5.73 Å². The first kappa shape index (κ1) is 14.5. The Morgan fingerprint density at radius 2 is 1.95 bits per heavy atom. The zero-order chi connectivity index (χ0) is 15.1. The van der Waals surface area contributed by atoms with Crippen LogP contribution in [0.1, 0.15) is 6.92 Å². The van der Waals surface area contributed by atoms with Crippen LogP contribution in [0.2, 0.25) is 0 Å². The molecule has 0 aliphatic rings. The molecule has 3 N–H and O–H groups in total. The molecule has 0 radical (unpaired) electrons. The summed E-state index contributed by atoms with van der Waals surface area (Å²) < 4.78 is 0. The Morgan fingerprint density at radius 3 is 2.57 bits per heavy atom. The van der Waals surface area contributed by atoms with Crippen LogP contribution in [0.3, 0.4) is 0 Å². The molecule has 2 aromatic rings. The highest BCUT2D eigenvalue weighted by molar-refractivity contribution is 6.06. The van der Waals surface area contributed by atoms with Gasteiger partial charge in [0.1, 0.15) is 5.82 Å². The van der Waals surface area contributed by atoms with Crippen molar-refractivity contribution >= 4 is 23.5 Å². The molecule has 1 aromatic heterocycles. The van der Waals surface area contributed by atoms with Gasteiger partial charge in [-0.3, -0.25) is 10.3 Å². The SMILES string of the molecule is CCN=C(N)NC(=O)N(c1ccccc1)c1ccccn1. The summed E-state index contributed by atoms with van der Waals surface area (Å²) in [5, 5.41) is 2.55. The number of rotatable bonds is 3. The van der Waals surface area contributed by atoms with Crippen molar-refractivity contribution in [1.82, 2.24) is 10.3 Å². The number of hydrogen-bond donors (Lipinski definition) is 2. The molecule has 1 heterocycles. The Hall–Kier alpha value is -2.89. The first-order valence-corrected chi connectivity index (χ1v) is 6.59. The lowest BCUT2D eigenvalue weighted by molar-refractivity contribution is 0.252. The fourth-order valence-corrected chi connectivity index (χ4v) is 1.79. The number of carbonyl (C=O) groups is 1. The van der Waals surface area contributed by atoms with E-state index in [9.17, 15) is 4.79 Å². The molecule has 0 spiro atoms. The molecule has 0 unspecified atom stereocenters. The highest BCUT2D eigenvalue weighted by Gasteiger charge is 2.19. The van der Waals surface area contributed by atoms with Crippen molar-refractivity contribution in [2.24, 2.45) is 10.7 Å². The minimum absolute atomic E-state index is 0.0827. The molecule has 0 bridgehead atoms. The second kappa shape index (κ2) is 7.04. The number of anilines is 2. The van der Waals surface area contributed by atoms with E-state index in [1.165, 1.54) is 4.90 Å². The fraction of sp³-hybridized carbons (Fsp3) is 0.133. The molecular formula is C15H17N5O. The van der Waals surface area contributed by atoms with Crippen molar-refractivity contribution in [3.8, 4) is 0 Å². The molecule has 0 aliphatic carbocycles. The lowest BCUT2D eigenvalue weighted by Crippen LogP contribution is -2.44. The summed E-state index contributed by atoms with van der Waals surface area (Å²) >= 11 is 0. The molecule has 21 heavy (non-hydrogen) atoms. The summed E-state index contributed by atoms with van der Waals surface area (Å²) in [6.07, 6.45) is 1.63.